The molecular formula is C19H16Cl4N4S. The summed E-state index contributed by atoms with van der Waals surface area (Å²) in [6, 6.07) is 10.8. The van der Waals surface area contributed by atoms with Crippen molar-refractivity contribution < 1.29 is 0 Å². The number of thiocarbonyl (C=S) groups is 1. The Morgan fingerprint density at radius 3 is 2.21 bits per heavy atom. The fourth-order valence-electron chi connectivity index (χ4n) is 2.69. The van der Waals surface area contributed by atoms with Crippen LogP contribution in [0.4, 0.5) is 11.4 Å². The molecule has 4 nitrogen and oxygen atoms in total. The summed E-state index contributed by atoms with van der Waals surface area (Å²) in [6.07, 6.45) is 0. The molecule has 0 saturated heterocycles. The van der Waals surface area contributed by atoms with Crippen molar-refractivity contribution in [2.45, 2.75) is 20.4 Å². The molecule has 0 unspecified atom stereocenters. The number of aryl methyl sites for hydroxylation is 1. The van der Waals surface area contributed by atoms with E-state index in [2.05, 4.69) is 15.7 Å². The van der Waals surface area contributed by atoms with Crippen LogP contribution in [-0.2, 0) is 6.54 Å². The van der Waals surface area contributed by atoms with Gasteiger partial charge < -0.3 is 10.6 Å². The van der Waals surface area contributed by atoms with Crippen molar-refractivity contribution in [3.63, 3.8) is 0 Å². The maximum atomic E-state index is 6.11. The number of halogens is 4. The smallest absolute Gasteiger partial charge is 0.175 e. The summed E-state index contributed by atoms with van der Waals surface area (Å²) in [5, 5.41) is 13.3. The first-order valence-electron chi connectivity index (χ1n) is 8.25. The highest BCUT2D eigenvalue weighted by Gasteiger charge is 2.14. The molecule has 2 N–H and O–H groups in total. The number of benzene rings is 2. The van der Waals surface area contributed by atoms with Gasteiger partial charge in [-0.3, -0.25) is 4.68 Å². The minimum absolute atomic E-state index is 0.429. The van der Waals surface area contributed by atoms with Crippen LogP contribution in [0.3, 0.4) is 0 Å². The third-order valence-corrected chi connectivity index (χ3v) is 5.80. The maximum Gasteiger partial charge on any atom is 0.175 e. The summed E-state index contributed by atoms with van der Waals surface area (Å²) in [6.45, 7) is 4.46. The maximum absolute atomic E-state index is 6.11. The topological polar surface area (TPSA) is 41.9 Å². The van der Waals surface area contributed by atoms with Gasteiger partial charge in [0.05, 0.1) is 43.7 Å². The summed E-state index contributed by atoms with van der Waals surface area (Å²) in [5.74, 6) is 0. The molecule has 0 radical (unpaired) electrons. The molecule has 3 rings (SSSR count). The minimum atomic E-state index is 0.429. The highest BCUT2D eigenvalue weighted by atomic mass is 35.5. The first-order valence-corrected chi connectivity index (χ1v) is 10.2. The van der Waals surface area contributed by atoms with E-state index in [4.69, 9.17) is 58.6 Å². The van der Waals surface area contributed by atoms with Gasteiger partial charge in [0, 0.05) is 5.69 Å². The number of nitrogens with zero attached hydrogens (tertiary/aromatic N) is 2. The SMILES string of the molecule is Cc1nn(Cc2ccc(Cl)c(Cl)c2)c(C)c1NC(=S)Nc1ccc(Cl)c(Cl)c1. The molecule has 2 aromatic carbocycles. The van der Waals surface area contributed by atoms with E-state index in [1.807, 2.05) is 30.7 Å². The van der Waals surface area contributed by atoms with Gasteiger partial charge in [-0.2, -0.15) is 5.10 Å². The molecule has 0 fully saturated rings. The lowest BCUT2D eigenvalue weighted by Crippen LogP contribution is -2.20. The number of nitrogens with one attached hydrogen (secondary N) is 2. The van der Waals surface area contributed by atoms with Crippen molar-refractivity contribution >= 4 is 75.1 Å². The molecule has 0 aliphatic heterocycles. The number of hydrogen-bond acceptors (Lipinski definition) is 2. The second-order valence-electron chi connectivity index (χ2n) is 6.16. The summed E-state index contributed by atoms with van der Waals surface area (Å²) in [7, 11) is 0. The number of rotatable bonds is 4. The zero-order valence-corrected chi connectivity index (χ0v) is 18.8. The number of aromatic nitrogens is 2. The number of anilines is 2. The van der Waals surface area contributed by atoms with E-state index in [0.29, 0.717) is 31.7 Å². The first kappa shape index (κ1) is 21.2. The van der Waals surface area contributed by atoms with E-state index in [1.165, 1.54) is 0 Å². The van der Waals surface area contributed by atoms with E-state index in [0.717, 1.165) is 28.3 Å². The lowest BCUT2D eigenvalue weighted by molar-refractivity contribution is 0.659. The fourth-order valence-corrected chi connectivity index (χ4v) is 3.53. The molecular weight excluding hydrogens is 458 g/mol. The molecule has 0 spiro atoms. The van der Waals surface area contributed by atoms with Crippen LogP contribution >= 0.6 is 58.6 Å². The van der Waals surface area contributed by atoms with Crippen LogP contribution in [0.25, 0.3) is 0 Å². The van der Waals surface area contributed by atoms with Gasteiger partial charge in [-0.1, -0.05) is 52.5 Å². The van der Waals surface area contributed by atoms with Gasteiger partial charge in [0.25, 0.3) is 0 Å². The van der Waals surface area contributed by atoms with E-state index < -0.39 is 0 Å². The normalized spacial score (nSPS) is 10.8. The van der Waals surface area contributed by atoms with Gasteiger partial charge in [-0.15, -0.1) is 0 Å². The summed E-state index contributed by atoms with van der Waals surface area (Å²) >= 11 is 29.5. The van der Waals surface area contributed by atoms with Crippen LogP contribution in [0.5, 0.6) is 0 Å². The van der Waals surface area contributed by atoms with Crippen LogP contribution in [0.1, 0.15) is 17.0 Å². The van der Waals surface area contributed by atoms with Gasteiger partial charge in [-0.25, -0.2) is 0 Å². The quantitative estimate of drug-likeness (QED) is 0.401. The van der Waals surface area contributed by atoms with Crippen molar-refractivity contribution in [2.24, 2.45) is 0 Å². The number of hydrogen-bond donors (Lipinski definition) is 2. The highest BCUT2D eigenvalue weighted by molar-refractivity contribution is 7.80. The predicted octanol–water partition coefficient (Wildman–Crippen LogP) is 6.97. The summed E-state index contributed by atoms with van der Waals surface area (Å²) < 4.78 is 1.89. The van der Waals surface area contributed by atoms with Gasteiger partial charge in [-0.05, 0) is 62.0 Å². The minimum Gasteiger partial charge on any atom is -0.332 e. The average molecular weight is 474 g/mol. The lowest BCUT2D eigenvalue weighted by atomic mass is 10.2. The molecule has 1 aromatic heterocycles. The van der Waals surface area contributed by atoms with E-state index in [-0.39, 0.29) is 0 Å². The van der Waals surface area contributed by atoms with E-state index >= 15 is 0 Å². The molecule has 3 aromatic rings. The Labute approximate surface area is 188 Å². The van der Waals surface area contributed by atoms with Crippen molar-refractivity contribution in [3.05, 3.63) is 73.4 Å². The second-order valence-corrected chi connectivity index (χ2v) is 8.20. The molecule has 0 bridgehead atoms. The third-order valence-electron chi connectivity index (χ3n) is 4.11. The van der Waals surface area contributed by atoms with Crippen LogP contribution < -0.4 is 10.6 Å². The van der Waals surface area contributed by atoms with Gasteiger partial charge in [0.15, 0.2) is 5.11 Å². The van der Waals surface area contributed by atoms with E-state index in [1.54, 1.807) is 24.3 Å². The van der Waals surface area contributed by atoms with Crippen molar-refractivity contribution in [1.82, 2.24) is 9.78 Å². The summed E-state index contributed by atoms with van der Waals surface area (Å²) in [5.41, 5.74) is 4.36. The molecule has 0 aliphatic carbocycles. The second kappa shape index (κ2) is 8.89. The van der Waals surface area contributed by atoms with Crippen LogP contribution in [-0.4, -0.2) is 14.9 Å². The Bertz CT molecular complexity index is 1050. The molecule has 0 amide bonds. The first-order chi connectivity index (χ1) is 13.2. The molecule has 1 heterocycles. The highest BCUT2D eigenvalue weighted by Crippen LogP contribution is 2.27. The largest absolute Gasteiger partial charge is 0.332 e. The van der Waals surface area contributed by atoms with Crippen molar-refractivity contribution in [3.8, 4) is 0 Å². The third kappa shape index (κ3) is 4.91. The Kier molecular flexibility index (Phi) is 6.73. The van der Waals surface area contributed by atoms with Gasteiger partial charge in [0.1, 0.15) is 0 Å². The van der Waals surface area contributed by atoms with Gasteiger partial charge in [0.2, 0.25) is 0 Å². The lowest BCUT2D eigenvalue weighted by Gasteiger charge is -2.12. The Hall–Kier alpha value is -1.50. The Balaban J connectivity index is 1.74. The molecule has 146 valence electrons. The monoisotopic (exact) mass is 472 g/mol. The van der Waals surface area contributed by atoms with Crippen molar-refractivity contribution in [2.75, 3.05) is 10.6 Å². The van der Waals surface area contributed by atoms with Crippen molar-refractivity contribution in [1.29, 1.82) is 0 Å². The Morgan fingerprint density at radius 2 is 1.57 bits per heavy atom. The van der Waals surface area contributed by atoms with Crippen LogP contribution in [0.15, 0.2) is 36.4 Å². The molecule has 0 aliphatic rings. The van der Waals surface area contributed by atoms with Crippen LogP contribution in [0, 0.1) is 13.8 Å². The summed E-state index contributed by atoms with van der Waals surface area (Å²) in [4.78, 5) is 0. The van der Waals surface area contributed by atoms with Gasteiger partial charge >= 0.3 is 0 Å². The molecule has 9 heteroatoms. The van der Waals surface area contributed by atoms with E-state index in [9.17, 15) is 0 Å². The molecule has 0 saturated carbocycles. The predicted molar refractivity (Wildman–Crippen MR) is 124 cm³/mol. The van der Waals surface area contributed by atoms with Crippen LogP contribution in [0.2, 0.25) is 20.1 Å². The standard InChI is InChI=1S/C19H16Cl4N4S/c1-10-18(25-19(28)24-13-4-6-15(21)17(23)8-13)11(2)27(26-10)9-12-3-5-14(20)16(22)7-12/h3-8H,9H2,1-2H3,(H2,24,25,28). The zero-order valence-electron chi connectivity index (χ0n) is 15.0. The Morgan fingerprint density at radius 1 is 0.929 bits per heavy atom. The zero-order chi connectivity index (χ0) is 20.4. The fraction of sp³-hybridized carbons (Fsp3) is 0.158. The molecule has 0 atom stereocenters. The molecule has 28 heavy (non-hydrogen) atoms. The average Bonchev–Trinajstić information content (AvgIpc) is 2.89.